The first kappa shape index (κ1) is 20.3. The van der Waals surface area contributed by atoms with Crippen LogP contribution in [-0.4, -0.2) is 19.0 Å². The van der Waals surface area contributed by atoms with E-state index in [-0.39, 0.29) is 0 Å². The first-order valence-corrected chi connectivity index (χ1v) is 7.25. The van der Waals surface area contributed by atoms with E-state index >= 15 is 0 Å². The molecular weight excluding hydrogens is 334 g/mol. The number of alkyl halides is 6. The largest absolute Gasteiger partial charge is 0.430 e. The fraction of sp³-hybridized carbons (Fsp3) is 0.412. The molecule has 1 rings (SSSR count). The van der Waals surface area contributed by atoms with Gasteiger partial charge in [0.05, 0.1) is 6.61 Å². The standard InChI is InChI=1S/C17H18F6O/c1-2-3-4-5-6-10-13-24-15(16(18,19)20,17(21,22)23)14-11-8-7-9-12-14/h2,6-12H,1,3-5,13H2. The molecule has 0 spiro atoms. The van der Waals surface area contributed by atoms with Crippen LogP contribution in [-0.2, 0) is 10.3 Å². The molecule has 7 heteroatoms. The van der Waals surface area contributed by atoms with Gasteiger partial charge in [0.15, 0.2) is 0 Å². The Morgan fingerprint density at radius 1 is 0.875 bits per heavy atom. The maximum absolute atomic E-state index is 13.4. The first-order valence-electron chi connectivity index (χ1n) is 7.25. The highest BCUT2D eigenvalue weighted by Crippen LogP contribution is 2.52. The van der Waals surface area contributed by atoms with E-state index in [0.717, 1.165) is 30.3 Å². The Labute approximate surface area is 136 Å². The molecule has 0 aliphatic rings. The van der Waals surface area contributed by atoms with Gasteiger partial charge in [-0.1, -0.05) is 48.6 Å². The zero-order valence-corrected chi connectivity index (χ0v) is 12.8. The molecule has 1 aromatic rings. The minimum absolute atomic E-state index is 0.520. The minimum Gasteiger partial charge on any atom is -0.350 e. The van der Waals surface area contributed by atoms with Crippen molar-refractivity contribution in [3.63, 3.8) is 0 Å². The van der Waals surface area contributed by atoms with E-state index < -0.39 is 30.1 Å². The number of rotatable bonds is 8. The smallest absolute Gasteiger partial charge is 0.350 e. The predicted molar refractivity (Wildman–Crippen MR) is 79.4 cm³/mol. The highest BCUT2D eigenvalue weighted by atomic mass is 19.4. The Hall–Kier alpha value is -1.76. The maximum Gasteiger partial charge on any atom is 0.430 e. The van der Waals surface area contributed by atoms with E-state index in [1.165, 1.54) is 12.1 Å². The Morgan fingerprint density at radius 2 is 1.46 bits per heavy atom. The predicted octanol–water partition coefficient (Wildman–Crippen LogP) is 5.94. The van der Waals surface area contributed by atoms with Gasteiger partial charge in [-0.3, -0.25) is 0 Å². The fourth-order valence-electron chi connectivity index (χ4n) is 2.15. The Kier molecular flexibility index (Phi) is 7.08. The molecule has 0 aliphatic heterocycles. The van der Waals surface area contributed by atoms with Crippen molar-refractivity contribution in [1.82, 2.24) is 0 Å². The van der Waals surface area contributed by atoms with E-state index in [4.69, 9.17) is 0 Å². The van der Waals surface area contributed by atoms with Gasteiger partial charge in [0, 0.05) is 5.56 Å². The van der Waals surface area contributed by atoms with Crippen molar-refractivity contribution in [3.05, 3.63) is 60.7 Å². The Bertz CT molecular complexity index is 516. The van der Waals surface area contributed by atoms with Crippen molar-refractivity contribution in [2.75, 3.05) is 6.61 Å². The van der Waals surface area contributed by atoms with E-state index in [2.05, 4.69) is 11.3 Å². The summed E-state index contributed by atoms with van der Waals surface area (Å²) in [6, 6.07) is 5.07. The molecule has 134 valence electrons. The summed E-state index contributed by atoms with van der Waals surface area (Å²) in [5.41, 5.74) is -5.35. The van der Waals surface area contributed by atoms with Crippen LogP contribution in [0.15, 0.2) is 55.1 Å². The number of allylic oxidation sites excluding steroid dienone is 2. The lowest BCUT2D eigenvalue weighted by molar-refractivity contribution is -0.387. The Balaban J connectivity index is 3.04. The molecular formula is C17H18F6O. The van der Waals surface area contributed by atoms with E-state index in [1.54, 1.807) is 6.08 Å². The van der Waals surface area contributed by atoms with Gasteiger partial charge in [0.25, 0.3) is 5.60 Å². The summed E-state index contributed by atoms with van der Waals surface area (Å²) in [5.74, 6) is 0. The molecule has 0 N–H and O–H groups in total. The number of unbranched alkanes of at least 4 members (excludes halogenated alkanes) is 2. The van der Waals surface area contributed by atoms with Crippen molar-refractivity contribution >= 4 is 0 Å². The summed E-state index contributed by atoms with van der Waals surface area (Å²) in [7, 11) is 0. The lowest BCUT2D eigenvalue weighted by Crippen LogP contribution is -2.56. The zero-order chi connectivity index (χ0) is 18.3. The molecule has 0 atom stereocenters. The van der Waals surface area contributed by atoms with Gasteiger partial charge in [-0.15, -0.1) is 6.58 Å². The van der Waals surface area contributed by atoms with Crippen LogP contribution in [0.3, 0.4) is 0 Å². The second kappa shape index (κ2) is 8.37. The van der Waals surface area contributed by atoms with Crippen molar-refractivity contribution in [2.45, 2.75) is 37.2 Å². The van der Waals surface area contributed by atoms with Crippen LogP contribution in [0, 0.1) is 0 Å². The van der Waals surface area contributed by atoms with Crippen LogP contribution in [0.2, 0.25) is 0 Å². The first-order chi connectivity index (χ1) is 11.2. The summed E-state index contributed by atoms with van der Waals surface area (Å²) < 4.78 is 84.5. The maximum atomic E-state index is 13.4. The van der Waals surface area contributed by atoms with E-state index in [0.29, 0.717) is 19.3 Å². The van der Waals surface area contributed by atoms with E-state index in [9.17, 15) is 26.3 Å². The quantitative estimate of drug-likeness (QED) is 0.320. The third-order valence-corrected chi connectivity index (χ3v) is 3.32. The van der Waals surface area contributed by atoms with Gasteiger partial charge < -0.3 is 4.74 Å². The second-order valence-corrected chi connectivity index (χ2v) is 5.04. The molecule has 0 radical (unpaired) electrons. The molecule has 0 saturated heterocycles. The summed E-state index contributed by atoms with van der Waals surface area (Å²) in [5, 5.41) is 0. The van der Waals surface area contributed by atoms with Crippen molar-refractivity contribution in [1.29, 1.82) is 0 Å². The van der Waals surface area contributed by atoms with Crippen LogP contribution >= 0.6 is 0 Å². The lowest BCUT2D eigenvalue weighted by atomic mass is 9.92. The Morgan fingerprint density at radius 3 is 1.96 bits per heavy atom. The molecule has 0 bridgehead atoms. The number of hydrogen-bond donors (Lipinski definition) is 0. The van der Waals surface area contributed by atoms with Gasteiger partial charge >= 0.3 is 12.4 Å². The fourth-order valence-corrected chi connectivity index (χ4v) is 2.15. The van der Waals surface area contributed by atoms with Crippen LogP contribution < -0.4 is 0 Å². The van der Waals surface area contributed by atoms with Crippen molar-refractivity contribution < 1.29 is 31.1 Å². The van der Waals surface area contributed by atoms with E-state index in [1.807, 2.05) is 0 Å². The third-order valence-electron chi connectivity index (χ3n) is 3.32. The molecule has 24 heavy (non-hydrogen) atoms. The summed E-state index contributed by atoms with van der Waals surface area (Å²) in [4.78, 5) is 0. The minimum atomic E-state index is -5.65. The highest BCUT2D eigenvalue weighted by Gasteiger charge is 2.73. The molecule has 0 amide bonds. The summed E-state index contributed by atoms with van der Waals surface area (Å²) in [6.07, 6.45) is -5.02. The van der Waals surface area contributed by atoms with Gasteiger partial charge in [-0.2, -0.15) is 26.3 Å². The lowest BCUT2D eigenvalue weighted by Gasteiger charge is -2.37. The van der Waals surface area contributed by atoms with Gasteiger partial charge in [0.1, 0.15) is 0 Å². The zero-order valence-electron chi connectivity index (χ0n) is 12.8. The molecule has 0 heterocycles. The molecule has 1 nitrogen and oxygen atoms in total. The highest BCUT2D eigenvalue weighted by molar-refractivity contribution is 5.27. The average Bonchev–Trinajstić information content (AvgIpc) is 2.48. The van der Waals surface area contributed by atoms with Gasteiger partial charge in [-0.25, -0.2) is 0 Å². The summed E-state index contributed by atoms with van der Waals surface area (Å²) in [6.45, 7) is 2.71. The molecule has 1 aromatic carbocycles. The van der Waals surface area contributed by atoms with Crippen LogP contribution in [0.25, 0.3) is 0 Å². The third kappa shape index (κ3) is 4.63. The average molecular weight is 352 g/mol. The monoisotopic (exact) mass is 352 g/mol. The van der Waals surface area contributed by atoms with Gasteiger partial charge in [-0.05, 0) is 19.3 Å². The van der Waals surface area contributed by atoms with Crippen LogP contribution in [0.1, 0.15) is 24.8 Å². The molecule has 0 aromatic heterocycles. The molecule has 0 saturated carbocycles. The van der Waals surface area contributed by atoms with Crippen LogP contribution in [0.5, 0.6) is 0 Å². The SMILES string of the molecule is C=CCCCC=CCOC(c1ccccc1)(C(F)(F)F)C(F)(F)F. The summed E-state index contributed by atoms with van der Waals surface area (Å²) >= 11 is 0. The normalized spacial score (nSPS) is 13.4. The van der Waals surface area contributed by atoms with Gasteiger partial charge in [0.2, 0.25) is 0 Å². The van der Waals surface area contributed by atoms with Crippen LogP contribution in [0.4, 0.5) is 26.3 Å². The number of benzene rings is 1. The molecule has 0 unspecified atom stereocenters. The topological polar surface area (TPSA) is 9.23 Å². The number of halogens is 6. The molecule has 0 fully saturated rings. The number of ether oxygens (including phenoxy) is 1. The number of hydrogen-bond acceptors (Lipinski definition) is 1. The second-order valence-electron chi connectivity index (χ2n) is 5.04. The van der Waals surface area contributed by atoms with Crippen molar-refractivity contribution in [2.24, 2.45) is 0 Å². The van der Waals surface area contributed by atoms with Crippen molar-refractivity contribution in [3.8, 4) is 0 Å². The molecule has 0 aliphatic carbocycles.